The number of anilines is 1. The Morgan fingerprint density at radius 3 is 2.48 bits per heavy atom. The molecule has 1 heterocycles. The van der Waals surface area contributed by atoms with Gasteiger partial charge >= 0.3 is 5.97 Å². The van der Waals surface area contributed by atoms with Crippen molar-refractivity contribution >= 4 is 28.5 Å². The summed E-state index contributed by atoms with van der Waals surface area (Å²) in [5, 5.41) is 3.69. The van der Waals surface area contributed by atoms with E-state index >= 15 is 0 Å². The summed E-state index contributed by atoms with van der Waals surface area (Å²) in [6, 6.07) is 25.6. The predicted octanol–water partition coefficient (Wildman–Crippen LogP) is 4.85. The molecule has 3 aromatic carbocycles. The van der Waals surface area contributed by atoms with Gasteiger partial charge in [0.1, 0.15) is 18.1 Å². The largest absolute Gasteiger partial charge is 0.489 e. The van der Waals surface area contributed by atoms with Crippen molar-refractivity contribution in [2.45, 2.75) is 6.61 Å². The van der Waals surface area contributed by atoms with Gasteiger partial charge in [0.05, 0.1) is 23.9 Å². The first-order valence-corrected chi connectivity index (χ1v) is 9.70. The molecule has 1 N–H and O–H groups in total. The number of carbonyl (C=O) groups is 2. The Morgan fingerprint density at radius 2 is 1.68 bits per heavy atom. The lowest BCUT2D eigenvalue weighted by atomic mass is 10.1. The van der Waals surface area contributed by atoms with Crippen molar-refractivity contribution in [3.05, 3.63) is 102 Å². The van der Waals surface area contributed by atoms with Crippen LogP contribution in [0.4, 0.5) is 5.69 Å². The van der Waals surface area contributed by atoms with Gasteiger partial charge in [-0.25, -0.2) is 9.78 Å². The Labute approximate surface area is 179 Å². The van der Waals surface area contributed by atoms with Crippen LogP contribution >= 0.6 is 0 Å². The van der Waals surface area contributed by atoms with Gasteiger partial charge in [0.25, 0.3) is 5.91 Å². The fraction of sp³-hybridized carbons (Fsp3) is 0.0800. The number of carbonyl (C=O) groups excluding carboxylic acids is 2. The van der Waals surface area contributed by atoms with Gasteiger partial charge in [-0.3, -0.25) is 4.79 Å². The first-order chi connectivity index (χ1) is 15.1. The van der Waals surface area contributed by atoms with Gasteiger partial charge in [-0.2, -0.15) is 0 Å². The summed E-state index contributed by atoms with van der Waals surface area (Å²) in [6.07, 6.45) is 0. The van der Waals surface area contributed by atoms with E-state index in [0.717, 1.165) is 10.9 Å². The van der Waals surface area contributed by atoms with Crippen LogP contribution in [0.3, 0.4) is 0 Å². The number of aromatic nitrogens is 1. The molecule has 6 nitrogen and oxygen atoms in total. The van der Waals surface area contributed by atoms with Crippen molar-refractivity contribution in [1.82, 2.24) is 4.98 Å². The molecule has 0 spiro atoms. The van der Waals surface area contributed by atoms with Crippen LogP contribution in [0.5, 0.6) is 5.75 Å². The molecule has 0 radical (unpaired) electrons. The van der Waals surface area contributed by atoms with Crippen LogP contribution in [0.15, 0.2) is 84.9 Å². The topological polar surface area (TPSA) is 77.5 Å². The molecule has 6 heteroatoms. The van der Waals surface area contributed by atoms with E-state index < -0.39 is 11.9 Å². The Morgan fingerprint density at radius 1 is 0.903 bits per heavy atom. The third kappa shape index (κ3) is 4.70. The number of para-hydroxylation sites is 1. The van der Waals surface area contributed by atoms with Crippen LogP contribution in [0.2, 0.25) is 0 Å². The summed E-state index contributed by atoms with van der Waals surface area (Å²) in [5.74, 6) is -0.508. The predicted molar refractivity (Wildman–Crippen MR) is 118 cm³/mol. The molecule has 0 atom stereocenters. The van der Waals surface area contributed by atoms with Gasteiger partial charge in [-0.05, 0) is 35.9 Å². The number of esters is 1. The molecule has 0 saturated carbocycles. The number of methoxy groups -OCH3 is 1. The zero-order valence-electron chi connectivity index (χ0n) is 16.9. The van der Waals surface area contributed by atoms with Crippen molar-refractivity contribution in [2.75, 3.05) is 12.4 Å². The van der Waals surface area contributed by atoms with Gasteiger partial charge in [-0.15, -0.1) is 0 Å². The van der Waals surface area contributed by atoms with Crippen LogP contribution in [-0.4, -0.2) is 24.0 Å². The molecule has 0 fully saturated rings. The maximum atomic E-state index is 12.8. The molecule has 0 aliphatic heterocycles. The molecule has 0 bridgehead atoms. The number of pyridine rings is 1. The number of rotatable bonds is 6. The fourth-order valence-corrected chi connectivity index (χ4v) is 3.12. The summed E-state index contributed by atoms with van der Waals surface area (Å²) in [7, 11) is 1.29. The first kappa shape index (κ1) is 20.1. The number of hydrogen-bond acceptors (Lipinski definition) is 5. The normalized spacial score (nSPS) is 10.5. The maximum Gasteiger partial charge on any atom is 0.340 e. The summed E-state index contributed by atoms with van der Waals surface area (Å²) in [5.41, 5.74) is 2.48. The molecule has 0 aliphatic rings. The van der Waals surface area contributed by atoms with Gasteiger partial charge in [-0.1, -0.05) is 54.6 Å². The quantitative estimate of drug-likeness (QED) is 0.458. The van der Waals surface area contributed by atoms with E-state index in [4.69, 9.17) is 9.47 Å². The van der Waals surface area contributed by atoms with Crippen molar-refractivity contribution in [3.8, 4) is 5.75 Å². The van der Waals surface area contributed by atoms with Crippen molar-refractivity contribution in [1.29, 1.82) is 0 Å². The summed E-state index contributed by atoms with van der Waals surface area (Å²) in [4.78, 5) is 29.5. The highest BCUT2D eigenvalue weighted by Gasteiger charge is 2.17. The van der Waals surface area contributed by atoms with Gasteiger partial charge in [0.2, 0.25) is 0 Å². The average Bonchev–Trinajstić information content (AvgIpc) is 2.83. The summed E-state index contributed by atoms with van der Waals surface area (Å²) < 4.78 is 10.7. The second-order valence-electron chi connectivity index (χ2n) is 6.82. The number of hydrogen-bond donors (Lipinski definition) is 1. The zero-order chi connectivity index (χ0) is 21.6. The molecule has 31 heavy (non-hydrogen) atoms. The zero-order valence-corrected chi connectivity index (χ0v) is 16.9. The Hall–Kier alpha value is -4.19. The second-order valence-corrected chi connectivity index (χ2v) is 6.82. The number of ether oxygens (including phenoxy) is 2. The van der Waals surface area contributed by atoms with E-state index in [9.17, 15) is 9.59 Å². The third-order valence-electron chi connectivity index (χ3n) is 4.72. The van der Waals surface area contributed by atoms with Crippen LogP contribution in [-0.2, 0) is 11.3 Å². The molecule has 1 aromatic heterocycles. The van der Waals surface area contributed by atoms with Gasteiger partial charge < -0.3 is 14.8 Å². The van der Waals surface area contributed by atoms with E-state index in [1.165, 1.54) is 7.11 Å². The van der Waals surface area contributed by atoms with Crippen molar-refractivity contribution in [2.24, 2.45) is 0 Å². The number of benzene rings is 3. The number of nitrogens with zero attached hydrogens (tertiary/aromatic N) is 1. The average molecular weight is 412 g/mol. The SMILES string of the molecule is COC(=O)c1cc(OCc2ccccc2)ccc1NC(=O)c1ccc2ccccc2n1. The molecular weight excluding hydrogens is 392 g/mol. The summed E-state index contributed by atoms with van der Waals surface area (Å²) in [6.45, 7) is 0.355. The molecular formula is C25H20N2O4. The van der Waals surface area contributed by atoms with Crippen LogP contribution < -0.4 is 10.1 Å². The minimum atomic E-state index is -0.577. The maximum absolute atomic E-state index is 12.8. The van der Waals surface area contributed by atoms with Crippen LogP contribution in [0, 0.1) is 0 Å². The molecule has 0 saturated heterocycles. The summed E-state index contributed by atoms with van der Waals surface area (Å²) >= 11 is 0. The lowest BCUT2D eigenvalue weighted by molar-refractivity contribution is 0.0601. The molecule has 154 valence electrons. The van der Waals surface area contributed by atoms with E-state index in [1.807, 2.05) is 60.7 Å². The van der Waals surface area contributed by atoms with E-state index in [-0.39, 0.29) is 11.3 Å². The molecule has 1 amide bonds. The molecule has 0 unspecified atom stereocenters. The lowest BCUT2D eigenvalue weighted by Crippen LogP contribution is -2.16. The third-order valence-corrected chi connectivity index (χ3v) is 4.72. The standard InChI is InChI=1S/C25H20N2O4/c1-30-25(29)20-15-19(31-16-17-7-3-2-4-8-17)12-14-22(20)27-24(28)23-13-11-18-9-5-6-10-21(18)26-23/h2-15H,16H2,1H3,(H,27,28). The number of nitrogens with one attached hydrogen (secondary N) is 1. The Bertz CT molecular complexity index is 1240. The number of amides is 1. The van der Waals surface area contributed by atoms with Crippen molar-refractivity contribution in [3.63, 3.8) is 0 Å². The van der Waals surface area contributed by atoms with Crippen molar-refractivity contribution < 1.29 is 19.1 Å². The fourth-order valence-electron chi connectivity index (χ4n) is 3.12. The lowest BCUT2D eigenvalue weighted by Gasteiger charge is -2.13. The smallest absolute Gasteiger partial charge is 0.340 e. The van der Waals surface area contributed by atoms with Gasteiger partial charge in [0, 0.05) is 5.39 Å². The second kappa shape index (κ2) is 9.09. The molecule has 0 aliphatic carbocycles. The van der Waals surface area contributed by atoms with Crippen LogP contribution in [0.25, 0.3) is 10.9 Å². The van der Waals surface area contributed by atoms with Gasteiger partial charge in [0.15, 0.2) is 0 Å². The Balaban J connectivity index is 1.56. The first-order valence-electron chi connectivity index (χ1n) is 9.70. The minimum absolute atomic E-state index is 0.196. The van der Waals surface area contributed by atoms with E-state index in [1.54, 1.807) is 24.3 Å². The monoisotopic (exact) mass is 412 g/mol. The van der Waals surface area contributed by atoms with E-state index in [2.05, 4.69) is 10.3 Å². The number of fused-ring (bicyclic) bond motifs is 1. The highest BCUT2D eigenvalue weighted by Crippen LogP contribution is 2.25. The highest BCUT2D eigenvalue weighted by atomic mass is 16.5. The van der Waals surface area contributed by atoms with E-state index in [0.29, 0.717) is 23.6 Å². The minimum Gasteiger partial charge on any atom is -0.489 e. The Kier molecular flexibility index (Phi) is 5.89. The molecule has 4 aromatic rings. The highest BCUT2D eigenvalue weighted by molar-refractivity contribution is 6.08. The van der Waals surface area contributed by atoms with Crippen LogP contribution in [0.1, 0.15) is 26.4 Å². The molecule has 4 rings (SSSR count).